The van der Waals surface area contributed by atoms with Crippen LogP contribution in [-0.4, -0.2) is 5.11 Å². The van der Waals surface area contributed by atoms with Crippen LogP contribution in [0.1, 0.15) is 16.7 Å². The smallest absolute Gasteiger partial charge is 0.0684 e. The van der Waals surface area contributed by atoms with Crippen LogP contribution in [0.15, 0.2) is 24.8 Å². The third-order valence-electron chi connectivity index (χ3n) is 1.88. The Morgan fingerprint density at radius 1 is 1.55 bits per heavy atom. The second-order valence-corrected chi connectivity index (χ2v) is 2.49. The van der Waals surface area contributed by atoms with E-state index in [-0.39, 0.29) is 6.61 Å². The first-order valence-corrected chi connectivity index (χ1v) is 3.61. The van der Waals surface area contributed by atoms with Gasteiger partial charge in [0.25, 0.3) is 0 Å². The number of aliphatic hydroxyl groups is 1. The molecule has 11 heavy (non-hydrogen) atoms. The number of hydrogen-bond donors (Lipinski definition) is 1. The van der Waals surface area contributed by atoms with Crippen LogP contribution in [0.25, 0.3) is 6.08 Å². The molecule has 1 aromatic rings. The zero-order valence-electron chi connectivity index (χ0n) is 6.67. The fourth-order valence-corrected chi connectivity index (χ4v) is 1.10. The predicted molar refractivity (Wildman–Crippen MR) is 47.2 cm³/mol. The maximum absolute atomic E-state index is 8.90. The van der Waals surface area contributed by atoms with E-state index in [1.54, 1.807) is 6.08 Å². The quantitative estimate of drug-likeness (QED) is 0.681. The SMILES string of the molecule is C=Cc1cccc(CO)c1C. The summed E-state index contributed by atoms with van der Waals surface area (Å²) in [6.07, 6.45) is 1.80. The van der Waals surface area contributed by atoms with Crippen molar-refractivity contribution in [2.75, 3.05) is 0 Å². The number of benzene rings is 1. The molecule has 0 amide bonds. The first kappa shape index (κ1) is 8.02. The van der Waals surface area contributed by atoms with Crippen LogP contribution < -0.4 is 0 Å². The number of aliphatic hydroxyl groups excluding tert-OH is 1. The van der Waals surface area contributed by atoms with Gasteiger partial charge in [0, 0.05) is 0 Å². The molecule has 0 unspecified atom stereocenters. The molecule has 1 nitrogen and oxygen atoms in total. The van der Waals surface area contributed by atoms with Crippen LogP contribution in [0.2, 0.25) is 0 Å². The molecule has 0 aliphatic rings. The van der Waals surface area contributed by atoms with E-state index in [1.165, 1.54) is 0 Å². The molecular weight excluding hydrogens is 136 g/mol. The molecular formula is C10H12O. The molecule has 0 radical (unpaired) electrons. The van der Waals surface area contributed by atoms with Gasteiger partial charge in [-0.3, -0.25) is 0 Å². The topological polar surface area (TPSA) is 20.2 Å². The van der Waals surface area contributed by atoms with Gasteiger partial charge in [0.1, 0.15) is 0 Å². The molecule has 0 heterocycles. The van der Waals surface area contributed by atoms with Crippen LogP contribution in [0.4, 0.5) is 0 Å². The standard InChI is InChI=1S/C10H12O/c1-3-9-5-4-6-10(7-11)8(9)2/h3-6,11H,1,7H2,2H3. The minimum atomic E-state index is 0.105. The van der Waals surface area contributed by atoms with Gasteiger partial charge in [-0.15, -0.1) is 0 Å². The van der Waals surface area contributed by atoms with Gasteiger partial charge in [-0.25, -0.2) is 0 Å². The zero-order valence-corrected chi connectivity index (χ0v) is 6.67. The summed E-state index contributed by atoms with van der Waals surface area (Å²) in [5, 5.41) is 8.90. The van der Waals surface area contributed by atoms with Crippen molar-refractivity contribution < 1.29 is 5.11 Å². The maximum atomic E-state index is 8.90. The van der Waals surface area contributed by atoms with Gasteiger partial charge in [-0.1, -0.05) is 30.9 Å². The summed E-state index contributed by atoms with van der Waals surface area (Å²) in [7, 11) is 0. The van der Waals surface area contributed by atoms with Crippen LogP contribution >= 0.6 is 0 Å². The van der Waals surface area contributed by atoms with Gasteiger partial charge >= 0.3 is 0 Å². The van der Waals surface area contributed by atoms with E-state index in [0.29, 0.717) is 0 Å². The Balaban J connectivity index is 3.20. The summed E-state index contributed by atoms with van der Waals surface area (Å²) >= 11 is 0. The summed E-state index contributed by atoms with van der Waals surface area (Å²) in [4.78, 5) is 0. The second kappa shape index (κ2) is 3.35. The molecule has 0 aliphatic heterocycles. The molecule has 1 heteroatoms. The van der Waals surface area contributed by atoms with Crippen molar-refractivity contribution in [2.24, 2.45) is 0 Å². The van der Waals surface area contributed by atoms with Crippen LogP contribution in [-0.2, 0) is 6.61 Å². The normalized spacial score (nSPS) is 9.64. The Morgan fingerprint density at radius 2 is 2.27 bits per heavy atom. The van der Waals surface area contributed by atoms with Gasteiger partial charge < -0.3 is 5.11 Å². The molecule has 0 aliphatic carbocycles. The van der Waals surface area contributed by atoms with Gasteiger partial charge in [0.15, 0.2) is 0 Å². The van der Waals surface area contributed by atoms with E-state index in [0.717, 1.165) is 16.7 Å². The zero-order chi connectivity index (χ0) is 8.27. The first-order valence-electron chi connectivity index (χ1n) is 3.61. The first-order chi connectivity index (χ1) is 5.29. The predicted octanol–water partition coefficient (Wildman–Crippen LogP) is 2.13. The largest absolute Gasteiger partial charge is 0.392 e. The van der Waals surface area contributed by atoms with Crippen molar-refractivity contribution in [3.05, 3.63) is 41.5 Å². The number of rotatable bonds is 2. The number of hydrogen-bond acceptors (Lipinski definition) is 1. The second-order valence-electron chi connectivity index (χ2n) is 2.49. The Bertz CT molecular complexity index is 264. The summed E-state index contributed by atoms with van der Waals surface area (Å²) in [6.45, 7) is 5.78. The minimum absolute atomic E-state index is 0.105. The van der Waals surface area contributed by atoms with Crippen molar-refractivity contribution in [1.82, 2.24) is 0 Å². The van der Waals surface area contributed by atoms with E-state index in [4.69, 9.17) is 5.11 Å². The Labute approximate surface area is 67.0 Å². The monoisotopic (exact) mass is 148 g/mol. The van der Waals surface area contributed by atoms with Gasteiger partial charge in [-0.05, 0) is 23.6 Å². The molecule has 0 aromatic heterocycles. The van der Waals surface area contributed by atoms with Crippen molar-refractivity contribution in [2.45, 2.75) is 13.5 Å². The lowest BCUT2D eigenvalue weighted by Crippen LogP contribution is -1.90. The van der Waals surface area contributed by atoms with Crippen LogP contribution in [0.5, 0.6) is 0 Å². The molecule has 0 fully saturated rings. The third kappa shape index (κ3) is 1.49. The average Bonchev–Trinajstić information content (AvgIpc) is 2.05. The van der Waals surface area contributed by atoms with Gasteiger partial charge in [0.05, 0.1) is 6.61 Å². The molecule has 0 atom stereocenters. The molecule has 0 saturated carbocycles. The molecule has 1 rings (SSSR count). The lowest BCUT2D eigenvalue weighted by molar-refractivity contribution is 0.281. The van der Waals surface area contributed by atoms with E-state index >= 15 is 0 Å². The molecule has 0 saturated heterocycles. The lowest BCUT2D eigenvalue weighted by atomic mass is 10.0. The highest BCUT2D eigenvalue weighted by Crippen LogP contribution is 2.14. The fraction of sp³-hybridized carbons (Fsp3) is 0.200. The minimum Gasteiger partial charge on any atom is -0.392 e. The molecule has 0 spiro atoms. The summed E-state index contributed by atoms with van der Waals surface area (Å²) in [5.74, 6) is 0. The molecule has 1 aromatic carbocycles. The van der Waals surface area contributed by atoms with E-state index in [1.807, 2.05) is 25.1 Å². The van der Waals surface area contributed by atoms with E-state index < -0.39 is 0 Å². The fourth-order valence-electron chi connectivity index (χ4n) is 1.10. The average molecular weight is 148 g/mol. The summed E-state index contributed by atoms with van der Waals surface area (Å²) in [6, 6.07) is 5.83. The van der Waals surface area contributed by atoms with Crippen molar-refractivity contribution in [1.29, 1.82) is 0 Å². The summed E-state index contributed by atoms with van der Waals surface area (Å²) < 4.78 is 0. The Kier molecular flexibility index (Phi) is 2.44. The molecule has 1 N–H and O–H groups in total. The third-order valence-corrected chi connectivity index (χ3v) is 1.88. The van der Waals surface area contributed by atoms with Crippen molar-refractivity contribution in [3.63, 3.8) is 0 Å². The van der Waals surface area contributed by atoms with E-state index in [2.05, 4.69) is 6.58 Å². The highest BCUT2D eigenvalue weighted by molar-refractivity contribution is 5.53. The van der Waals surface area contributed by atoms with Gasteiger partial charge in [-0.2, -0.15) is 0 Å². The van der Waals surface area contributed by atoms with Crippen molar-refractivity contribution in [3.8, 4) is 0 Å². The van der Waals surface area contributed by atoms with E-state index in [9.17, 15) is 0 Å². The Morgan fingerprint density at radius 3 is 2.82 bits per heavy atom. The maximum Gasteiger partial charge on any atom is 0.0684 e. The molecule has 58 valence electrons. The highest BCUT2D eigenvalue weighted by atomic mass is 16.3. The van der Waals surface area contributed by atoms with Gasteiger partial charge in [0.2, 0.25) is 0 Å². The van der Waals surface area contributed by atoms with Crippen LogP contribution in [0, 0.1) is 6.92 Å². The highest BCUT2D eigenvalue weighted by Gasteiger charge is 1.98. The Hall–Kier alpha value is -1.08. The van der Waals surface area contributed by atoms with Crippen molar-refractivity contribution >= 4 is 6.08 Å². The molecule has 0 bridgehead atoms. The van der Waals surface area contributed by atoms with Crippen LogP contribution in [0.3, 0.4) is 0 Å². The summed E-state index contributed by atoms with van der Waals surface area (Å²) in [5.41, 5.74) is 3.18. The lowest BCUT2D eigenvalue weighted by Gasteiger charge is -2.04.